The van der Waals surface area contributed by atoms with Crippen molar-refractivity contribution in [3.05, 3.63) is 54.1 Å². The molecule has 0 saturated carbocycles. The van der Waals surface area contributed by atoms with Crippen LogP contribution in [0.1, 0.15) is 57.4 Å². The van der Waals surface area contributed by atoms with E-state index in [-0.39, 0.29) is 0 Å². The molecule has 0 atom stereocenters. The molecule has 0 spiro atoms. The minimum atomic E-state index is 0.729. The second-order valence-corrected chi connectivity index (χ2v) is 6.62. The number of hydrazone groups is 1. The molecule has 1 N–H and O–H groups in total. The fraction of sp³-hybridized carbons (Fsp3) is 0.435. The van der Waals surface area contributed by atoms with Crippen molar-refractivity contribution < 1.29 is 9.47 Å². The van der Waals surface area contributed by atoms with Crippen LogP contribution in [-0.2, 0) is 0 Å². The van der Waals surface area contributed by atoms with Gasteiger partial charge >= 0.3 is 0 Å². The Hall–Kier alpha value is -2.49. The normalized spacial score (nSPS) is 10.9. The molecule has 0 unspecified atom stereocenters. The van der Waals surface area contributed by atoms with E-state index in [0.717, 1.165) is 35.8 Å². The van der Waals surface area contributed by atoms with Crippen LogP contribution in [0.2, 0.25) is 0 Å². The molecular formula is C23H32N2O2. The molecule has 2 aromatic carbocycles. The van der Waals surface area contributed by atoms with Crippen LogP contribution in [0.5, 0.6) is 11.5 Å². The van der Waals surface area contributed by atoms with Crippen LogP contribution < -0.4 is 14.9 Å². The standard InChI is InChI=1S/C23H32N2O2/c1-3-4-5-6-7-8-12-17-27-22-16-15-20(18-23(22)26-2)19-24-25-21-13-10-9-11-14-21/h9-11,13-16,18-19,25H,3-8,12,17H2,1-2H3/b24-19+. The van der Waals surface area contributed by atoms with Crippen LogP contribution in [0.3, 0.4) is 0 Å². The van der Waals surface area contributed by atoms with Gasteiger partial charge in [0.05, 0.1) is 25.6 Å². The molecule has 0 heterocycles. The second kappa shape index (κ2) is 12.8. The Balaban J connectivity index is 1.76. The third-order valence-corrected chi connectivity index (χ3v) is 4.37. The zero-order valence-electron chi connectivity index (χ0n) is 16.6. The van der Waals surface area contributed by atoms with Crippen molar-refractivity contribution in [2.24, 2.45) is 5.10 Å². The van der Waals surface area contributed by atoms with Crippen molar-refractivity contribution in [2.45, 2.75) is 51.9 Å². The number of para-hydroxylation sites is 1. The highest BCUT2D eigenvalue weighted by Crippen LogP contribution is 2.28. The predicted molar refractivity (Wildman–Crippen MR) is 114 cm³/mol. The highest BCUT2D eigenvalue weighted by atomic mass is 16.5. The fourth-order valence-electron chi connectivity index (χ4n) is 2.82. The minimum absolute atomic E-state index is 0.729. The first-order chi connectivity index (χ1) is 13.3. The van der Waals surface area contributed by atoms with Crippen molar-refractivity contribution in [1.29, 1.82) is 0 Å². The molecule has 0 aliphatic rings. The van der Waals surface area contributed by atoms with Gasteiger partial charge < -0.3 is 9.47 Å². The zero-order valence-corrected chi connectivity index (χ0v) is 16.6. The molecule has 4 nitrogen and oxygen atoms in total. The summed E-state index contributed by atoms with van der Waals surface area (Å²) in [6.45, 7) is 2.98. The maximum atomic E-state index is 5.90. The largest absolute Gasteiger partial charge is 0.493 e. The summed E-state index contributed by atoms with van der Waals surface area (Å²) in [5.74, 6) is 1.53. The Bertz CT molecular complexity index is 671. The number of methoxy groups -OCH3 is 1. The summed E-state index contributed by atoms with van der Waals surface area (Å²) in [6.07, 6.45) is 10.7. The van der Waals surface area contributed by atoms with E-state index in [1.807, 2.05) is 48.5 Å². The average Bonchev–Trinajstić information content (AvgIpc) is 2.71. The van der Waals surface area contributed by atoms with E-state index in [4.69, 9.17) is 9.47 Å². The summed E-state index contributed by atoms with van der Waals surface area (Å²) < 4.78 is 11.4. The Morgan fingerprint density at radius 1 is 0.889 bits per heavy atom. The summed E-state index contributed by atoms with van der Waals surface area (Å²) in [7, 11) is 1.67. The molecule has 0 fully saturated rings. The lowest BCUT2D eigenvalue weighted by molar-refractivity contribution is 0.284. The molecule has 4 heteroatoms. The number of nitrogens with one attached hydrogen (secondary N) is 1. The van der Waals surface area contributed by atoms with Gasteiger partial charge in [0.2, 0.25) is 0 Å². The van der Waals surface area contributed by atoms with E-state index in [9.17, 15) is 0 Å². The van der Waals surface area contributed by atoms with Crippen LogP contribution in [0.15, 0.2) is 53.6 Å². The highest BCUT2D eigenvalue weighted by Gasteiger charge is 2.05. The minimum Gasteiger partial charge on any atom is -0.493 e. The van der Waals surface area contributed by atoms with Gasteiger partial charge in [0.25, 0.3) is 0 Å². The maximum Gasteiger partial charge on any atom is 0.161 e. The lowest BCUT2D eigenvalue weighted by Crippen LogP contribution is -2.00. The van der Waals surface area contributed by atoms with E-state index in [2.05, 4.69) is 17.5 Å². The highest BCUT2D eigenvalue weighted by molar-refractivity contribution is 5.81. The maximum absolute atomic E-state index is 5.90. The van der Waals surface area contributed by atoms with E-state index in [0.29, 0.717) is 0 Å². The molecule has 0 aliphatic heterocycles. The van der Waals surface area contributed by atoms with Gasteiger partial charge in [-0.1, -0.05) is 63.6 Å². The number of nitrogens with zero attached hydrogens (tertiary/aromatic N) is 1. The lowest BCUT2D eigenvalue weighted by Gasteiger charge is -2.11. The number of rotatable bonds is 13. The van der Waals surface area contributed by atoms with Crippen LogP contribution in [0.25, 0.3) is 0 Å². The molecule has 2 rings (SSSR count). The van der Waals surface area contributed by atoms with Crippen LogP contribution >= 0.6 is 0 Å². The smallest absolute Gasteiger partial charge is 0.161 e. The van der Waals surface area contributed by atoms with Gasteiger partial charge in [0.1, 0.15) is 0 Å². The first-order valence-corrected chi connectivity index (χ1v) is 9.98. The molecule has 27 heavy (non-hydrogen) atoms. The summed E-state index contributed by atoms with van der Waals surface area (Å²) in [6, 6.07) is 15.7. The Kier molecular flexibility index (Phi) is 9.87. The molecule has 0 aromatic heterocycles. The second-order valence-electron chi connectivity index (χ2n) is 6.62. The van der Waals surface area contributed by atoms with Crippen molar-refractivity contribution in [1.82, 2.24) is 0 Å². The van der Waals surface area contributed by atoms with Crippen LogP contribution in [0.4, 0.5) is 5.69 Å². The summed E-state index contributed by atoms with van der Waals surface area (Å²) >= 11 is 0. The summed E-state index contributed by atoms with van der Waals surface area (Å²) in [4.78, 5) is 0. The van der Waals surface area contributed by atoms with E-state index in [1.165, 1.54) is 38.5 Å². The summed E-state index contributed by atoms with van der Waals surface area (Å²) in [5, 5.41) is 4.26. The first kappa shape index (κ1) is 20.8. The predicted octanol–water partition coefficient (Wildman–Crippen LogP) is 6.27. The number of unbranched alkanes of at least 4 members (excludes halogenated alkanes) is 6. The lowest BCUT2D eigenvalue weighted by atomic mass is 10.1. The number of hydrogen-bond donors (Lipinski definition) is 1. The number of benzene rings is 2. The Morgan fingerprint density at radius 3 is 2.37 bits per heavy atom. The van der Waals surface area contributed by atoms with Crippen molar-refractivity contribution >= 4 is 11.9 Å². The molecule has 146 valence electrons. The molecule has 0 aliphatic carbocycles. The van der Waals surface area contributed by atoms with Crippen molar-refractivity contribution in [3.8, 4) is 11.5 Å². The fourth-order valence-corrected chi connectivity index (χ4v) is 2.82. The third-order valence-electron chi connectivity index (χ3n) is 4.37. The van der Waals surface area contributed by atoms with Gasteiger partial charge in [0.15, 0.2) is 11.5 Å². The first-order valence-electron chi connectivity index (χ1n) is 9.98. The third kappa shape index (κ3) is 8.16. The Morgan fingerprint density at radius 2 is 1.63 bits per heavy atom. The molecular weight excluding hydrogens is 336 g/mol. The molecule has 2 aromatic rings. The topological polar surface area (TPSA) is 42.8 Å². The van der Waals surface area contributed by atoms with Gasteiger partial charge in [-0.3, -0.25) is 5.43 Å². The quantitative estimate of drug-likeness (QED) is 0.257. The number of anilines is 1. The SMILES string of the molecule is CCCCCCCCCOc1ccc(/C=N/Nc2ccccc2)cc1OC. The van der Waals surface area contributed by atoms with E-state index >= 15 is 0 Å². The molecule has 0 amide bonds. The van der Waals surface area contributed by atoms with Gasteiger partial charge in [-0.2, -0.15) is 5.10 Å². The molecule has 0 saturated heterocycles. The van der Waals surface area contributed by atoms with Gasteiger partial charge in [-0.25, -0.2) is 0 Å². The number of hydrogen-bond acceptors (Lipinski definition) is 4. The van der Waals surface area contributed by atoms with Crippen molar-refractivity contribution in [2.75, 3.05) is 19.1 Å². The van der Waals surface area contributed by atoms with Gasteiger partial charge in [-0.15, -0.1) is 0 Å². The average molecular weight is 369 g/mol. The van der Waals surface area contributed by atoms with Gasteiger partial charge in [0, 0.05) is 0 Å². The monoisotopic (exact) mass is 368 g/mol. The van der Waals surface area contributed by atoms with Crippen molar-refractivity contribution in [3.63, 3.8) is 0 Å². The van der Waals surface area contributed by atoms with Crippen LogP contribution in [0, 0.1) is 0 Å². The van der Waals surface area contributed by atoms with E-state index in [1.54, 1.807) is 13.3 Å². The molecule has 0 radical (unpaired) electrons. The Labute approximate surface area is 163 Å². The number of ether oxygens (including phenoxy) is 2. The molecule has 0 bridgehead atoms. The van der Waals surface area contributed by atoms with Crippen LogP contribution in [-0.4, -0.2) is 19.9 Å². The summed E-state index contributed by atoms with van der Waals surface area (Å²) in [5.41, 5.74) is 4.92. The zero-order chi connectivity index (χ0) is 19.2. The van der Waals surface area contributed by atoms with Gasteiger partial charge in [-0.05, 0) is 42.3 Å². The van der Waals surface area contributed by atoms with E-state index < -0.39 is 0 Å².